The molecule has 0 N–H and O–H groups in total. The second kappa shape index (κ2) is 25.8. The van der Waals surface area contributed by atoms with Crippen LogP contribution in [-0.2, 0) is 0 Å². The molecule has 4 nitrogen and oxygen atoms in total. The zero-order valence-electron chi connectivity index (χ0n) is 35.4. The van der Waals surface area contributed by atoms with E-state index in [2.05, 4.69) is 21.3 Å². The summed E-state index contributed by atoms with van der Waals surface area (Å²) >= 11 is 0. The summed E-state index contributed by atoms with van der Waals surface area (Å²) in [5.41, 5.74) is -4.45. The minimum atomic E-state index is -2.20. The Morgan fingerprint density at radius 1 is 0.164 bits per heavy atom. The third-order valence-corrected chi connectivity index (χ3v) is 8.73. The van der Waals surface area contributed by atoms with Crippen LogP contribution in [0.3, 0.4) is 0 Å². The number of nitrogens with zero attached hydrogens (tertiary/aromatic N) is 4. The Labute approximate surface area is 421 Å². The molecule has 0 amide bonds. The van der Waals surface area contributed by atoms with Crippen molar-refractivity contribution >= 4 is 45.5 Å². The first-order valence-electron chi connectivity index (χ1n) is 19.2. The van der Waals surface area contributed by atoms with Gasteiger partial charge in [-0.2, -0.15) is 0 Å². The van der Waals surface area contributed by atoms with Gasteiger partial charge in [0.15, 0.2) is 69.8 Å². The van der Waals surface area contributed by atoms with Crippen LogP contribution in [0.2, 0.25) is 0 Å². The smallest absolute Gasteiger partial charge is 0.653 e. The van der Waals surface area contributed by atoms with Crippen LogP contribution in [0.1, 0.15) is 0 Å². The summed E-state index contributed by atoms with van der Waals surface area (Å²) in [6, 6.07) is 29.6. The van der Waals surface area contributed by atoms with Crippen LogP contribution in [0, 0.1) is 147 Å². The molecule has 0 aromatic heterocycles. The molecule has 25 heteroatoms. The van der Waals surface area contributed by atoms with Crippen molar-refractivity contribution in [1.29, 1.82) is 0 Å². The van der Waals surface area contributed by atoms with E-state index in [4.69, 9.17) is 0 Å². The topological polar surface area (TPSA) is 56.4 Å². The van der Waals surface area contributed by atoms with Crippen molar-refractivity contribution in [3.05, 3.63) is 259 Å². The first kappa shape index (κ1) is 58.2. The Hall–Kier alpha value is -7.39. The molecule has 0 heterocycles. The summed E-state index contributed by atoms with van der Waals surface area (Å²) in [4.78, 5) is 0. The number of hydrogen-bond acceptors (Lipinski definition) is 0. The Morgan fingerprint density at radius 2 is 0.274 bits per heavy atom. The summed E-state index contributed by atoms with van der Waals surface area (Å²) in [7, 11) is 0. The van der Waals surface area contributed by atoms with Crippen LogP contribution < -0.4 is 0 Å². The van der Waals surface area contributed by atoms with Crippen molar-refractivity contribution < 1.29 is 119 Å². The fraction of sp³-hybridized carbons (Fsp3) is 0. The van der Waals surface area contributed by atoms with E-state index in [9.17, 15) is 87.8 Å². The fourth-order valence-corrected chi connectivity index (χ4v) is 5.29. The van der Waals surface area contributed by atoms with Crippen LogP contribution >= 0.6 is 0 Å². The number of benzene rings is 8. The maximum absolute atomic E-state index is 13.3. The van der Waals surface area contributed by atoms with Gasteiger partial charge in [-0.15, -0.1) is 22.7 Å². The van der Waals surface area contributed by atoms with E-state index < -0.39 is 139 Å². The molecule has 0 saturated carbocycles. The van der Waals surface area contributed by atoms with Crippen molar-refractivity contribution in [2.24, 2.45) is 0 Å². The molecular weight excluding hydrogens is 1250 g/mol. The van der Waals surface area contributed by atoms with Crippen molar-refractivity contribution in [2.75, 3.05) is 0 Å². The van der Waals surface area contributed by atoms with Crippen LogP contribution in [0.25, 0.3) is 21.3 Å². The number of para-hydroxylation sites is 4. The van der Waals surface area contributed by atoms with Gasteiger partial charge in [0, 0.05) is 0 Å². The van der Waals surface area contributed by atoms with Crippen molar-refractivity contribution in [3.8, 4) is 0 Å². The van der Waals surface area contributed by atoms with Crippen LogP contribution in [0.5, 0.6) is 0 Å². The van der Waals surface area contributed by atoms with Crippen molar-refractivity contribution in [1.82, 2.24) is 0 Å². The largest absolute Gasteiger partial charge is 4.00 e. The van der Waals surface area contributed by atoms with Crippen molar-refractivity contribution in [3.63, 3.8) is 0 Å². The summed E-state index contributed by atoms with van der Waals surface area (Å²) in [5, 5.41) is 13.6. The van der Waals surface area contributed by atoms with Gasteiger partial charge in [-0.25, -0.2) is 87.8 Å². The Kier molecular flexibility index (Phi) is 20.6. The first-order valence-corrected chi connectivity index (χ1v) is 19.2. The molecular formula is C48H20F20N4U. The molecule has 0 radical (unpaired) electrons. The Morgan fingerprint density at radius 3 is 0.397 bits per heavy atom. The number of halogens is 20. The fourth-order valence-electron chi connectivity index (χ4n) is 5.29. The maximum atomic E-state index is 13.3. The SMILES string of the molecule is Fc1c(F)c(F)c([N-]c2ccccc2)c(F)c1F.Fc1c(F)c(F)c([N-]c2ccccc2)c(F)c1F.Fc1c(F)c(F)c([N-]c2ccccc2)c(F)c1F.Fc1c(F)c(F)c([N-]c2ccccc2)c(F)c1F.[U+4]. The average Bonchev–Trinajstić information content (AvgIpc) is 3.40. The summed E-state index contributed by atoms with van der Waals surface area (Å²) in [6.07, 6.45) is 0. The second-order valence-electron chi connectivity index (χ2n) is 13.5. The van der Waals surface area contributed by atoms with E-state index in [-0.39, 0.29) is 53.9 Å². The van der Waals surface area contributed by atoms with E-state index in [1.807, 2.05) is 0 Å². The predicted molar refractivity (Wildman–Crippen MR) is 221 cm³/mol. The molecule has 0 unspecified atom stereocenters. The molecule has 8 aromatic rings. The standard InChI is InChI=1S/4C12H5F5N.U/c4*13-7-8(14)10(16)12(11(17)9(7)15)18-6-4-2-1-3-5-6;/h4*1-5H;/q4*-1;+4. The molecule has 8 rings (SSSR count). The summed E-state index contributed by atoms with van der Waals surface area (Å²) in [5.74, 6) is -40.5. The Bertz CT molecular complexity index is 2650. The summed E-state index contributed by atoms with van der Waals surface area (Å²) < 4.78 is 260. The average molecular weight is 1270 g/mol. The van der Waals surface area contributed by atoms with E-state index in [1.54, 1.807) is 24.3 Å². The van der Waals surface area contributed by atoms with Gasteiger partial charge in [0.05, 0.1) is 0 Å². The van der Waals surface area contributed by atoms with Crippen molar-refractivity contribution in [2.45, 2.75) is 0 Å². The number of rotatable bonds is 8. The third kappa shape index (κ3) is 13.6. The van der Waals surface area contributed by atoms with Crippen LogP contribution in [0.15, 0.2) is 121 Å². The molecule has 0 aliphatic heterocycles. The van der Waals surface area contributed by atoms with Gasteiger partial charge in [-0.1, -0.05) is 144 Å². The molecule has 0 spiro atoms. The minimum absolute atomic E-state index is 0. The van der Waals surface area contributed by atoms with E-state index in [0.29, 0.717) is 0 Å². The van der Waals surface area contributed by atoms with Gasteiger partial charge in [0.25, 0.3) is 0 Å². The van der Waals surface area contributed by atoms with E-state index >= 15 is 0 Å². The first-order chi connectivity index (χ1) is 34.1. The maximum Gasteiger partial charge on any atom is 4.00 e. The molecule has 0 aliphatic rings. The monoisotopic (exact) mass is 1270 g/mol. The van der Waals surface area contributed by atoms with Gasteiger partial charge >= 0.3 is 31.1 Å². The van der Waals surface area contributed by atoms with Gasteiger partial charge in [-0.05, 0) is 0 Å². The van der Waals surface area contributed by atoms with E-state index in [1.165, 1.54) is 97.1 Å². The van der Waals surface area contributed by atoms with Gasteiger partial charge in [0.2, 0.25) is 0 Å². The quantitative estimate of drug-likeness (QED) is 0.0827. The zero-order valence-corrected chi connectivity index (χ0v) is 39.6. The normalized spacial score (nSPS) is 10.4. The zero-order chi connectivity index (χ0) is 53.1. The molecule has 376 valence electrons. The molecule has 0 saturated heterocycles. The minimum Gasteiger partial charge on any atom is -0.653 e. The third-order valence-electron chi connectivity index (χ3n) is 8.73. The molecule has 0 bridgehead atoms. The molecule has 0 aliphatic carbocycles. The van der Waals surface area contributed by atoms with Gasteiger partial charge in [0.1, 0.15) is 46.5 Å². The Balaban J connectivity index is 0.000000210. The predicted octanol–water partition coefficient (Wildman–Crippen LogP) is 18.9. The molecule has 0 fully saturated rings. The molecule has 0 atom stereocenters. The van der Waals surface area contributed by atoms with Gasteiger partial charge in [-0.3, -0.25) is 0 Å². The van der Waals surface area contributed by atoms with Crippen LogP contribution in [-0.4, -0.2) is 0 Å². The van der Waals surface area contributed by atoms with Gasteiger partial charge < -0.3 is 21.3 Å². The van der Waals surface area contributed by atoms with Crippen LogP contribution in [0.4, 0.5) is 133 Å². The molecule has 8 aromatic carbocycles. The molecule has 73 heavy (non-hydrogen) atoms. The summed E-state index contributed by atoms with van der Waals surface area (Å²) in [6.45, 7) is 0. The van der Waals surface area contributed by atoms with E-state index in [0.717, 1.165) is 0 Å². The number of hydrogen-bond donors (Lipinski definition) is 0. The second-order valence-corrected chi connectivity index (χ2v) is 13.5.